The van der Waals surface area contributed by atoms with Crippen LogP contribution in [0.3, 0.4) is 0 Å². The molecule has 0 N–H and O–H groups in total. The Morgan fingerprint density at radius 3 is 2.35 bits per heavy atom. The van der Waals surface area contributed by atoms with Crippen LogP contribution in [0.1, 0.15) is 17.5 Å². The fraction of sp³-hybridized carbons (Fsp3) is 0.333. The molecule has 2 rings (SSSR count). The molecule has 2 heteroatoms. The van der Waals surface area contributed by atoms with E-state index >= 15 is 0 Å². The number of aryl methyl sites for hydroxylation is 2. The second-order valence-electron chi connectivity index (χ2n) is 5.43. The molecule has 0 fully saturated rings. The van der Waals surface area contributed by atoms with E-state index < -0.39 is 0 Å². The quantitative estimate of drug-likeness (QED) is 0.776. The number of para-hydroxylation sites is 1. The number of nitrogens with zero attached hydrogens (tertiary/aromatic N) is 1. The van der Waals surface area contributed by atoms with Crippen molar-refractivity contribution < 1.29 is 4.74 Å². The molecule has 2 aromatic rings. The van der Waals surface area contributed by atoms with Crippen LogP contribution in [0.4, 0.5) is 0 Å². The van der Waals surface area contributed by atoms with Crippen molar-refractivity contribution in [3.63, 3.8) is 0 Å². The molecule has 2 aromatic carbocycles. The molecule has 0 radical (unpaired) electrons. The lowest BCUT2D eigenvalue weighted by atomic mass is 10.1. The molecule has 2 nitrogen and oxygen atoms in total. The Hall–Kier alpha value is -1.80. The van der Waals surface area contributed by atoms with Crippen LogP contribution < -0.4 is 4.74 Å². The van der Waals surface area contributed by atoms with Crippen molar-refractivity contribution >= 4 is 0 Å². The number of rotatable bonds is 6. The first-order chi connectivity index (χ1) is 9.65. The van der Waals surface area contributed by atoms with Gasteiger partial charge in [0.1, 0.15) is 11.5 Å². The Morgan fingerprint density at radius 1 is 0.950 bits per heavy atom. The average molecular weight is 269 g/mol. The van der Waals surface area contributed by atoms with Crippen LogP contribution in [-0.2, 0) is 6.42 Å². The maximum absolute atomic E-state index is 6.01. The lowest BCUT2D eigenvalue weighted by Crippen LogP contribution is -2.13. The van der Waals surface area contributed by atoms with Gasteiger partial charge in [0.25, 0.3) is 0 Å². The molecule has 0 aliphatic rings. The molecule has 0 heterocycles. The molecule has 0 aromatic heterocycles. The van der Waals surface area contributed by atoms with E-state index in [9.17, 15) is 0 Å². The van der Waals surface area contributed by atoms with Gasteiger partial charge in [-0.05, 0) is 64.2 Å². The first-order valence-electron chi connectivity index (χ1n) is 7.12. The molecule has 0 spiro atoms. The number of hydrogen-bond donors (Lipinski definition) is 0. The van der Waals surface area contributed by atoms with Crippen LogP contribution in [0, 0.1) is 6.92 Å². The highest BCUT2D eigenvalue weighted by Gasteiger charge is 2.04. The van der Waals surface area contributed by atoms with Crippen molar-refractivity contribution in [2.45, 2.75) is 19.8 Å². The molecule has 0 saturated carbocycles. The third-order valence-corrected chi connectivity index (χ3v) is 3.27. The van der Waals surface area contributed by atoms with Crippen LogP contribution in [0.5, 0.6) is 11.5 Å². The molecule has 20 heavy (non-hydrogen) atoms. The Labute approximate surface area is 122 Å². The van der Waals surface area contributed by atoms with Crippen LogP contribution in [-0.4, -0.2) is 25.5 Å². The number of ether oxygens (including phenoxy) is 1. The molecule has 0 bridgehead atoms. The van der Waals surface area contributed by atoms with Crippen molar-refractivity contribution in [3.8, 4) is 11.5 Å². The van der Waals surface area contributed by atoms with Crippen molar-refractivity contribution in [2.75, 3.05) is 20.6 Å². The molecule has 0 amide bonds. The van der Waals surface area contributed by atoms with Gasteiger partial charge in [-0.2, -0.15) is 0 Å². The summed E-state index contributed by atoms with van der Waals surface area (Å²) in [6.07, 6.45) is 2.18. The first kappa shape index (κ1) is 14.6. The minimum atomic E-state index is 0.899. The van der Waals surface area contributed by atoms with E-state index in [1.807, 2.05) is 24.3 Å². The standard InChI is InChI=1S/C18H23NO/c1-15-10-12-17(13-11-15)20-18-9-5-4-7-16(18)8-6-14-19(2)3/h4-5,7,9-13H,6,8,14H2,1-3H3. The maximum atomic E-state index is 6.01. The van der Waals surface area contributed by atoms with Crippen molar-refractivity contribution in [1.82, 2.24) is 4.90 Å². The lowest BCUT2D eigenvalue weighted by Gasteiger charge is -2.13. The summed E-state index contributed by atoms with van der Waals surface area (Å²) < 4.78 is 6.01. The Kier molecular flexibility index (Phi) is 5.19. The van der Waals surface area contributed by atoms with E-state index in [-0.39, 0.29) is 0 Å². The van der Waals surface area contributed by atoms with Crippen LogP contribution in [0.15, 0.2) is 48.5 Å². The van der Waals surface area contributed by atoms with Crippen molar-refractivity contribution in [2.24, 2.45) is 0 Å². The predicted octanol–water partition coefficient (Wildman–Crippen LogP) is 4.28. The van der Waals surface area contributed by atoms with Crippen molar-refractivity contribution in [1.29, 1.82) is 0 Å². The van der Waals surface area contributed by atoms with Gasteiger partial charge < -0.3 is 9.64 Å². The van der Waals surface area contributed by atoms with E-state index in [1.54, 1.807) is 0 Å². The van der Waals surface area contributed by atoms with E-state index in [0.717, 1.165) is 30.9 Å². The van der Waals surface area contributed by atoms with Crippen molar-refractivity contribution in [3.05, 3.63) is 59.7 Å². The normalized spacial score (nSPS) is 10.8. The second-order valence-corrected chi connectivity index (χ2v) is 5.43. The maximum Gasteiger partial charge on any atom is 0.130 e. The summed E-state index contributed by atoms with van der Waals surface area (Å²) in [4.78, 5) is 2.21. The fourth-order valence-electron chi connectivity index (χ4n) is 2.13. The van der Waals surface area contributed by atoms with Gasteiger partial charge in [-0.3, -0.25) is 0 Å². The molecule has 0 aliphatic heterocycles. The van der Waals surface area contributed by atoms with Gasteiger partial charge in [0, 0.05) is 0 Å². The highest BCUT2D eigenvalue weighted by molar-refractivity contribution is 5.38. The molecule has 0 aliphatic carbocycles. The highest BCUT2D eigenvalue weighted by atomic mass is 16.5. The number of hydrogen-bond acceptors (Lipinski definition) is 2. The summed E-state index contributed by atoms with van der Waals surface area (Å²) in [6, 6.07) is 16.5. The monoisotopic (exact) mass is 269 g/mol. The average Bonchev–Trinajstić information content (AvgIpc) is 2.43. The van der Waals surface area contributed by atoms with Gasteiger partial charge in [0.05, 0.1) is 0 Å². The fourth-order valence-corrected chi connectivity index (χ4v) is 2.13. The zero-order valence-corrected chi connectivity index (χ0v) is 12.6. The van der Waals surface area contributed by atoms with Gasteiger partial charge >= 0.3 is 0 Å². The predicted molar refractivity (Wildman–Crippen MR) is 84.6 cm³/mol. The largest absolute Gasteiger partial charge is 0.457 e. The first-order valence-corrected chi connectivity index (χ1v) is 7.12. The summed E-state index contributed by atoms with van der Waals surface area (Å²) in [6.45, 7) is 3.18. The van der Waals surface area contributed by atoms with Crippen LogP contribution in [0.25, 0.3) is 0 Å². The van der Waals surface area contributed by atoms with Gasteiger partial charge in [-0.1, -0.05) is 35.9 Å². The van der Waals surface area contributed by atoms with Gasteiger partial charge in [0.15, 0.2) is 0 Å². The molecular formula is C18H23NO. The molecule has 106 valence electrons. The molecular weight excluding hydrogens is 246 g/mol. The van der Waals surface area contributed by atoms with Gasteiger partial charge in [0.2, 0.25) is 0 Å². The van der Waals surface area contributed by atoms with Crippen LogP contribution in [0.2, 0.25) is 0 Å². The number of benzene rings is 2. The summed E-state index contributed by atoms with van der Waals surface area (Å²) in [5.74, 6) is 1.87. The summed E-state index contributed by atoms with van der Waals surface area (Å²) in [5, 5.41) is 0. The summed E-state index contributed by atoms with van der Waals surface area (Å²) >= 11 is 0. The second kappa shape index (κ2) is 7.11. The van der Waals surface area contributed by atoms with E-state index in [4.69, 9.17) is 4.74 Å². The topological polar surface area (TPSA) is 12.5 Å². The Bertz CT molecular complexity index is 531. The molecule has 0 unspecified atom stereocenters. The molecule has 0 atom stereocenters. The van der Waals surface area contributed by atoms with Crippen LogP contribution >= 0.6 is 0 Å². The third kappa shape index (κ3) is 4.39. The lowest BCUT2D eigenvalue weighted by molar-refractivity contribution is 0.398. The summed E-state index contributed by atoms with van der Waals surface area (Å²) in [5.41, 5.74) is 2.52. The SMILES string of the molecule is Cc1ccc(Oc2ccccc2CCCN(C)C)cc1. The minimum Gasteiger partial charge on any atom is -0.457 e. The van der Waals surface area contributed by atoms with Gasteiger partial charge in [-0.15, -0.1) is 0 Å². The van der Waals surface area contributed by atoms with E-state index in [0.29, 0.717) is 0 Å². The minimum absolute atomic E-state index is 0.899. The Balaban J connectivity index is 2.05. The Morgan fingerprint density at radius 2 is 1.65 bits per heavy atom. The van der Waals surface area contributed by atoms with Gasteiger partial charge in [-0.25, -0.2) is 0 Å². The van der Waals surface area contributed by atoms with E-state index in [2.05, 4.69) is 50.2 Å². The summed E-state index contributed by atoms with van der Waals surface area (Å²) in [7, 11) is 4.21. The highest BCUT2D eigenvalue weighted by Crippen LogP contribution is 2.26. The zero-order chi connectivity index (χ0) is 14.4. The van der Waals surface area contributed by atoms with E-state index in [1.165, 1.54) is 11.1 Å². The smallest absolute Gasteiger partial charge is 0.130 e. The molecule has 0 saturated heterocycles. The third-order valence-electron chi connectivity index (χ3n) is 3.27. The zero-order valence-electron chi connectivity index (χ0n) is 12.6.